The molecule has 7 nitrogen and oxygen atoms in total. The Kier molecular flexibility index (Phi) is 7.10. The van der Waals surface area contributed by atoms with E-state index in [1.165, 1.54) is 0 Å². The van der Waals surface area contributed by atoms with Gasteiger partial charge in [-0.3, -0.25) is 14.5 Å². The predicted molar refractivity (Wildman–Crippen MR) is 126 cm³/mol. The molecule has 1 aromatic heterocycles. The molecule has 1 saturated heterocycles. The third-order valence-electron chi connectivity index (χ3n) is 5.73. The van der Waals surface area contributed by atoms with Crippen molar-refractivity contribution in [2.45, 2.75) is 19.9 Å². The van der Waals surface area contributed by atoms with Crippen molar-refractivity contribution in [2.24, 2.45) is 0 Å². The van der Waals surface area contributed by atoms with E-state index in [1.54, 1.807) is 17.0 Å². The van der Waals surface area contributed by atoms with Crippen molar-refractivity contribution in [2.75, 3.05) is 38.1 Å². The smallest absolute Gasteiger partial charge is 0.289 e. The molecule has 33 heavy (non-hydrogen) atoms. The first-order valence-corrected chi connectivity index (χ1v) is 11.2. The summed E-state index contributed by atoms with van der Waals surface area (Å²) in [6.45, 7) is 6.43. The molecule has 0 radical (unpaired) electrons. The van der Waals surface area contributed by atoms with Crippen LogP contribution in [0.5, 0.6) is 5.75 Å². The molecule has 2 heterocycles. The molecule has 172 valence electrons. The van der Waals surface area contributed by atoms with Gasteiger partial charge in [-0.1, -0.05) is 42.5 Å². The maximum absolute atomic E-state index is 13.5. The quantitative estimate of drug-likeness (QED) is 0.590. The Morgan fingerprint density at radius 2 is 1.67 bits per heavy atom. The summed E-state index contributed by atoms with van der Waals surface area (Å²) in [4.78, 5) is 30.2. The van der Waals surface area contributed by atoms with Gasteiger partial charge in [0, 0.05) is 26.2 Å². The molecular formula is C26H29N3O4. The number of rotatable bonds is 7. The van der Waals surface area contributed by atoms with Gasteiger partial charge in [0.1, 0.15) is 17.6 Å². The number of carbonyl (C=O) groups is 2. The van der Waals surface area contributed by atoms with Gasteiger partial charge in [0.15, 0.2) is 5.76 Å². The standard InChI is InChI=1S/C26H29N3O4/c1-3-32-22-12-8-7-11-21(22)27-25(30)24(20-9-5-4-6-10-20)28-15-17-29(18-16-28)26(31)23-14-13-19(2)33-23/h4-14,24H,3,15-18H2,1-2H3,(H,27,30). The molecule has 0 bridgehead atoms. The fourth-order valence-electron chi connectivity index (χ4n) is 4.10. The zero-order chi connectivity index (χ0) is 23.2. The van der Waals surface area contributed by atoms with Gasteiger partial charge in [-0.15, -0.1) is 0 Å². The highest BCUT2D eigenvalue weighted by molar-refractivity contribution is 5.97. The van der Waals surface area contributed by atoms with Crippen LogP contribution in [-0.2, 0) is 4.79 Å². The van der Waals surface area contributed by atoms with Crippen LogP contribution in [0.1, 0.15) is 34.8 Å². The van der Waals surface area contributed by atoms with E-state index in [-0.39, 0.29) is 11.8 Å². The van der Waals surface area contributed by atoms with Crippen molar-refractivity contribution >= 4 is 17.5 Å². The maximum atomic E-state index is 13.5. The highest BCUT2D eigenvalue weighted by Crippen LogP contribution is 2.28. The third-order valence-corrected chi connectivity index (χ3v) is 5.73. The summed E-state index contributed by atoms with van der Waals surface area (Å²) >= 11 is 0. The van der Waals surface area contributed by atoms with Crippen LogP contribution in [0.4, 0.5) is 5.69 Å². The first-order valence-electron chi connectivity index (χ1n) is 11.2. The Bertz CT molecular complexity index is 1090. The second-order valence-corrected chi connectivity index (χ2v) is 7.97. The lowest BCUT2D eigenvalue weighted by Crippen LogP contribution is -2.51. The number of aryl methyl sites for hydroxylation is 1. The Morgan fingerprint density at radius 3 is 2.33 bits per heavy atom. The van der Waals surface area contributed by atoms with E-state index in [2.05, 4.69) is 10.2 Å². The number of anilines is 1. The molecule has 1 fully saturated rings. The lowest BCUT2D eigenvalue weighted by atomic mass is 10.0. The van der Waals surface area contributed by atoms with Crippen molar-refractivity contribution in [1.82, 2.24) is 9.80 Å². The van der Waals surface area contributed by atoms with E-state index < -0.39 is 6.04 Å². The van der Waals surface area contributed by atoms with Crippen molar-refractivity contribution in [3.63, 3.8) is 0 Å². The van der Waals surface area contributed by atoms with Gasteiger partial charge >= 0.3 is 0 Å². The molecular weight excluding hydrogens is 418 g/mol. The highest BCUT2D eigenvalue weighted by Gasteiger charge is 2.32. The zero-order valence-electron chi connectivity index (χ0n) is 19.0. The average molecular weight is 448 g/mol. The number of ether oxygens (including phenoxy) is 1. The van der Waals surface area contributed by atoms with Gasteiger partial charge < -0.3 is 19.4 Å². The first-order chi connectivity index (χ1) is 16.1. The van der Waals surface area contributed by atoms with Crippen LogP contribution in [0.25, 0.3) is 0 Å². The molecule has 1 N–H and O–H groups in total. The maximum Gasteiger partial charge on any atom is 0.289 e. The number of furan rings is 1. The minimum atomic E-state index is -0.482. The van der Waals surface area contributed by atoms with Crippen LogP contribution in [0, 0.1) is 6.92 Å². The number of hydrogen-bond acceptors (Lipinski definition) is 5. The molecule has 0 saturated carbocycles. The molecule has 7 heteroatoms. The van der Waals surface area contributed by atoms with Crippen LogP contribution < -0.4 is 10.1 Å². The number of carbonyl (C=O) groups excluding carboxylic acids is 2. The van der Waals surface area contributed by atoms with Crippen LogP contribution in [-0.4, -0.2) is 54.4 Å². The predicted octanol–water partition coefficient (Wildman–Crippen LogP) is 4.12. The topological polar surface area (TPSA) is 75.0 Å². The Labute approximate surface area is 193 Å². The molecule has 2 aromatic carbocycles. The SMILES string of the molecule is CCOc1ccccc1NC(=O)C(c1ccccc1)N1CCN(C(=O)c2ccc(C)o2)CC1. The van der Waals surface area contributed by atoms with E-state index in [0.29, 0.717) is 55.7 Å². The molecule has 3 aromatic rings. The lowest BCUT2D eigenvalue weighted by molar-refractivity contribution is -0.122. The van der Waals surface area contributed by atoms with Crippen LogP contribution >= 0.6 is 0 Å². The summed E-state index contributed by atoms with van der Waals surface area (Å²) in [5, 5.41) is 3.05. The monoisotopic (exact) mass is 447 g/mol. The highest BCUT2D eigenvalue weighted by atomic mass is 16.5. The molecule has 0 aliphatic carbocycles. The Hall–Kier alpha value is -3.58. The average Bonchev–Trinajstić information content (AvgIpc) is 3.28. The van der Waals surface area contributed by atoms with E-state index in [4.69, 9.17) is 9.15 Å². The van der Waals surface area contributed by atoms with Gasteiger partial charge in [-0.05, 0) is 43.7 Å². The number of hydrogen-bond donors (Lipinski definition) is 1. The summed E-state index contributed by atoms with van der Waals surface area (Å²) in [6.07, 6.45) is 0. The lowest BCUT2D eigenvalue weighted by Gasteiger charge is -2.38. The van der Waals surface area contributed by atoms with E-state index in [1.807, 2.05) is 68.4 Å². The number of nitrogens with one attached hydrogen (secondary N) is 1. The minimum absolute atomic E-state index is 0.117. The fraction of sp³-hybridized carbons (Fsp3) is 0.308. The second-order valence-electron chi connectivity index (χ2n) is 7.97. The van der Waals surface area contributed by atoms with E-state index in [9.17, 15) is 9.59 Å². The molecule has 1 atom stereocenters. The number of nitrogens with zero attached hydrogens (tertiary/aromatic N) is 2. The van der Waals surface area contributed by atoms with E-state index in [0.717, 1.165) is 5.56 Å². The number of para-hydroxylation sites is 2. The normalized spacial score (nSPS) is 15.2. The van der Waals surface area contributed by atoms with Gasteiger partial charge in [-0.25, -0.2) is 0 Å². The first kappa shape index (κ1) is 22.6. The summed E-state index contributed by atoms with van der Waals surface area (Å²) in [6, 6.07) is 20.2. The zero-order valence-corrected chi connectivity index (χ0v) is 19.0. The summed E-state index contributed by atoms with van der Waals surface area (Å²) in [5.41, 5.74) is 1.55. The van der Waals surface area contributed by atoms with Gasteiger partial charge in [0.05, 0.1) is 12.3 Å². The number of piperazine rings is 1. The van der Waals surface area contributed by atoms with Crippen molar-refractivity contribution in [1.29, 1.82) is 0 Å². The third kappa shape index (κ3) is 5.26. The molecule has 1 unspecified atom stereocenters. The second kappa shape index (κ2) is 10.4. The molecule has 4 rings (SSSR count). The van der Waals surface area contributed by atoms with Gasteiger partial charge in [-0.2, -0.15) is 0 Å². The van der Waals surface area contributed by atoms with Crippen molar-refractivity contribution < 1.29 is 18.7 Å². The summed E-state index contributed by atoms with van der Waals surface area (Å²) < 4.78 is 11.2. The molecule has 0 spiro atoms. The number of benzene rings is 2. The van der Waals surface area contributed by atoms with Crippen LogP contribution in [0.2, 0.25) is 0 Å². The fourth-order valence-corrected chi connectivity index (χ4v) is 4.10. The summed E-state index contributed by atoms with van der Waals surface area (Å²) in [5.74, 6) is 1.46. The largest absolute Gasteiger partial charge is 0.492 e. The van der Waals surface area contributed by atoms with Crippen molar-refractivity contribution in [3.8, 4) is 5.75 Å². The Balaban J connectivity index is 1.50. The molecule has 1 aliphatic heterocycles. The van der Waals surface area contributed by atoms with E-state index >= 15 is 0 Å². The van der Waals surface area contributed by atoms with Gasteiger partial charge in [0.25, 0.3) is 5.91 Å². The van der Waals surface area contributed by atoms with Gasteiger partial charge in [0.2, 0.25) is 5.91 Å². The van der Waals surface area contributed by atoms with Crippen LogP contribution in [0.15, 0.2) is 71.1 Å². The molecule has 1 aliphatic rings. The van der Waals surface area contributed by atoms with Crippen molar-refractivity contribution in [3.05, 3.63) is 83.8 Å². The summed E-state index contributed by atoms with van der Waals surface area (Å²) in [7, 11) is 0. The Morgan fingerprint density at radius 1 is 0.970 bits per heavy atom. The molecule has 2 amide bonds. The minimum Gasteiger partial charge on any atom is -0.492 e. The van der Waals surface area contributed by atoms with Crippen LogP contribution in [0.3, 0.4) is 0 Å². The number of amides is 2.